The molecule has 1 aromatic heterocycles. The van der Waals surface area contributed by atoms with E-state index in [1.165, 1.54) is 4.90 Å². The van der Waals surface area contributed by atoms with Crippen molar-refractivity contribution in [3.8, 4) is 17.1 Å². The molecule has 3 rings (SSSR count). The van der Waals surface area contributed by atoms with Gasteiger partial charge in [-0.05, 0) is 56.9 Å². The number of benzene rings is 1. The average molecular weight is 447 g/mol. The van der Waals surface area contributed by atoms with Crippen LogP contribution in [0.25, 0.3) is 11.3 Å². The van der Waals surface area contributed by atoms with Gasteiger partial charge in [-0.15, -0.1) is 0 Å². The number of carbonyl (C=O) groups is 2. The van der Waals surface area contributed by atoms with E-state index in [4.69, 9.17) is 18.7 Å². The molecule has 1 heterocycles. The second kappa shape index (κ2) is 11.0. The predicted octanol–water partition coefficient (Wildman–Crippen LogP) is 3.89. The monoisotopic (exact) mass is 446 g/mol. The predicted molar refractivity (Wildman–Crippen MR) is 115 cm³/mol. The summed E-state index contributed by atoms with van der Waals surface area (Å²) in [4.78, 5) is 24.8. The lowest BCUT2D eigenvalue weighted by Crippen LogP contribution is -2.30. The van der Waals surface area contributed by atoms with Crippen molar-refractivity contribution in [1.82, 2.24) is 10.1 Å². The van der Waals surface area contributed by atoms with Gasteiger partial charge in [-0.1, -0.05) is 5.16 Å². The molecule has 0 bridgehead atoms. The number of rotatable bonds is 9. The topological polar surface area (TPSA) is 111 Å². The summed E-state index contributed by atoms with van der Waals surface area (Å²) >= 11 is 0. The first-order valence-electron chi connectivity index (χ1n) is 10.7. The number of aryl methyl sites for hydroxylation is 1. The van der Waals surface area contributed by atoms with E-state index in [2.05, 4.69) is 5.16 Å². The Morgan fingerprint density at radius 3 is 2.69 bits per heavy atom. The largest absolute Gasteiger partial charge is 0.490 e. The van der Waals surface area contributed by atoms with Crippen LogP contribution in [0.2, 0.25) is 0 Å². The quantitative estimate of drug-likeness (QED) is 0.618. The number of likely N-dealkylation sites (N-methyl/N-ethyl adjacent to an activating group) is 1. The first-order chi connectivity index (χ1) is 15.4. The van der Waals surface area contributed by atoms with Gasteiger partial charge >= 0.3 is 12.1 Å². The Labute approximate surface area is 187 Å². The van der Waals surface area contributed by atoms with Gasteiger partial charge in [0, 0.05) is 26.3 Å². The number of hydrogen-bond donors (Lipinski definition) is 1. The minimum absolute atomic E-state index is 0.0394. The van der Waals surface area contributed by atoms with Crippen LogP contribution in [0.1, 0.15) is 36.9 Å². The van der Waals surface area contributed by atoms with Gasteiger partial charge < -0.3 is 28.7 Å². The minimum Gasteiger partial charge on any atom is -0.490 e. The molecule has 1 saturated carbocycles. The van der Waals surface area contributed by atoms with E-state index in [1.54, 1.807) is 21.1 Å². The first kappa shape index (κ1) is 23.6. The number of methoxy groups -OCH3 is 1. The molecule has 1 N–H and O–H groups in total. The third kappa shape index (κ3) is 6.00. The number of carboxylic acid groups (broad SMARTS) is 1. The summed E-state index contributed by atoms with van der Waals surface area (Å²) in [5, 5.41) is 13.3. The first-order valence-corrected chi connectivity index (χ1v) is 10.7. The molecule has 0 radical (unpaired) electrons. The van der Waals surface area contributed by atoms with Crippen LogP contribution in [-0.4, -0.2) is 60.6 Å². The second-order valence-corrected chi connectivity index (χ2v) is 8.01. The maximum atomic E-state index is 12.1. The van der Waals surface area contributed by atoms with E-state index in [0.717, 1.165) is 18.4 Å². The number of aliphatic carboxylic acids is 1. The number of nitrogens with zero attached hydrogens (tertiary/aromatic N) is 2. The molecule has 2 aromatic rings. The summed E-state index contributed by atoms with van der Waals surface area (Å²) in [6.07, 6.45) is 2.36. The molecule has 174 valence electrons. The fourth-order valence-electron chi connectivity index (χ4n) is 3.70. The minimum atomic E-state index is -0.757. The summed E-state index contributed by atoms with van der Waals surface area (Å²) < 4.78 is 21.9. The zero-order valence-electron chi connectivity index (χ0n) is 18.7. The molecule has 1 aromatic carbocycles. The molecule has 1 aliphatic rings. The van der Waals surface area contributed by atoms with Gasteiger partial charge in [0.1, 0.15) is 12.4 Å². The van der Waals surface area contributed by atoms with E-state index in [0.29, 0.717) is 48.8 Å². The Morgan fingerprint density at radius 2 is 2.00 bits per heavy atom. The molecule has 1 fully saturated rings. The maximum absolute atomic E-state index is 12.1. The van der Waals surface area contributed by atoms with Gasteiger partial charge in [-0.3, -0.25) is 4.79 Å². The highest BCUT2D eigenvalue weighted by Crippen LogP contribution is 2.31. The van der Waals surface area contributed by atoms with Gasteiger partial charge in [0.2, 0.25) is 0 Å². The lowest BCUT2D eigenvalue weighted by atomic mass is 9.87. The van der Waals surface area contributed by atoms with Crippen LogP contribution in [0, 0.1) is 12.8 Å². The highest BCUT2D eigenvalue weighted by molar-refractivity contribution is 5.70. The Balaban J connectivity index is 1.62. The number of amides is 1. The molecule has 9 heteroatoms. The SMILES string of the molecule is COCCN(C)C(=O)OCc1c(C)noc1-c1ccc(O[C@@H]2CCC[C@@H](C(=O)O)C2)cc1. The number of carboxylic acids is 1. The van der Waals surface area contributed by atoms with E-state index in [9.17, 15) is 14.7 Å². The Bertz CT molecular complexity index is 910. The van der Waals surface area contributed by atoms with E-state index in [-0.39, 0.29) is 18.6 Å². The standard InChI is InChI=1S/C23H30N2O7/c1-15-20(14-30-23(28)25(2)11-12-29-3)21(32-24-15)16-7-9-18(10-8-16)31-19-6-4-5-17(13-19)22(26)27/h7-10,17,19H,4-6,11-14H2,1-3H3,(H,26,27)/t17-,19-/m1/s1. The molecule has 9 nitrogen and oxygen atoms in total. The van der Waals surface area contributed by atoms with Crippen molar-refractivity contribution in [3.05, 3.63) is 35.5 Å². The van der Waals surface area contributed by atoms with Crippen molar-refractivity contribution in [2.45, 2.75) is 45.3 Å². The van der Waals surface area contributed by atoms with Crippen molar-refractivity contribution >= 4 is 12.1 Å². The van der Waals surface area contributed by atoms with E-state index < -0.39 is 12.1 Å². The molecular weight excluding hydrogens is 416 g/mol. The van der Waals surface area contributed by atoms with Crippen LogP contribution in [0.15, 0.2) is 28.8 Å². The van der Waals surface area contributed by atoms with Gasteiger partial charge in [0.15, 0.2) is 5.76 Å². The molecule has 0 unspecified atom stereocenters. The number of ether oxygens (including phenoxy) is 3. The zero-order valence-corrected chi connectivity index (χ0v) is 18.7. The van der Waals surface area contributed by atoms with Crippen molar-refractivity contribution in [1.29, 1.82) is 0 Å². The smallest absolute Gasteiger partial charge is 0.409 e. The summed E-state index contributed by atoms with van der Waals surface area (Å²) in [7, 11) is 3.22. The number of aromatic nitrogens is 1. The van der Waals surface area contributed by atoms with Gasteiger partial charge in [0.05, 0.1) is 29.9 Å². The van der Waals surface area contributed by atoms with Crippen LogP contribution in [0.4, 0.5) is 4.79 Å². The Kier molecular flexibility index (Phi) is 8.10. The molecule has 0 saturated heterocycles. The van der Waals surface area contributed by atoms with Crippen molar-refractivity contribution in [3.63, 3.8) is 0 Å². The summed E-state index contributed by atoms with van der Waals surface area (Å²) in [6.45, 7) is 2.69. The van der Waals surface area contributed by atoms with Gasteiger partial charge in [-0.2, -0.15) is 0 Å². The highest BCUT2D eigenvalue weighted by atomic mass is 16.6. The highest BCUT2D eigenvalue weighted by Gasteiger charge is 2.28. The molecule has 1 aliphatic carbocycles. The summed E-state index contributed by atoms with van der Waals surface area (Å²) in [6, 6.07) is 7.35. The van der Waals surface area contributed by atoms with Crippen LogP contribution in [0.5, 0.6) is 5.75 Å². The number of carbonyl (C=O) groups excluding carboxylic acids is 1. The molecule has 32 heavy (non-hydrogen) atoms. The average Bonchev–Trinajstić information content (AvgIpc) is 3.16. The van der Waals surface area contributed by atoms with Crippen LogP contribution >= 0.6 is 0 Å². The zero-order chi connectivity index (χ0) is 23.1. The van der Waals surface area contributed by atoms with Gasteiger partial charge in [-0.25, -0.2) is 4.79 Å². The van der Waals surface area contributed by atoms with E-state index >= 15 is 0 Å². The third-order valence-corrected chi connectivity index (χ3v) is 5.66. The molecule has 2 atom stereocenters. The van der Waals surface area contributed by atoms with Gasteiger partial charge in [0.25, 0.3) is 0 Å². The lowest BCUT2D eigenvalue weighted by molar-refractivity contribution is -0.143. The van der Waals surface area contributed by atoms with Crippen molar-refractivity contribution < 1.29 is 33.4 Å². The second-order valence-electron chi connectivity index (χ2n) is 8.01. The molecular formula is C23H30N2O7. The van der Waals surface area contributed by atoms with Crippen molar-refractivity contribution in [2.75, 3.05) is 27.3 Å². The third-order valence-electron chi connectivity index (χ3n) is 5.66. The van der Waals surface area contributed by atoms with E-state index in [1.807, 2.05) is 24.3 Å². The van der Waals surface area contributed by atoms with Crippen molar-refractivity contribution in [2.24, 2.45) is 5.92 Å². The summed E-state index contributed by atoms with van der Waals surface area (Å²) in [5.41, 5.74) is 2.13. The Morgan fingerprint density at radius 1 is 1.25 bits per heavy atom. The normalized spacial score (nSPS) is 18.2. The summed E-state index contributed by atoms with van der Waals surface area (Å²) in [5.74, 6) is 0.107. The Hall–Kier alpha value is -3.07. The van der Waals surface area contributed by atoms with Crippen LogP contribution < -0.4 is 4.74 Å². The van der Waals surface area contributed by atoms with Crippen LogP contribution in [0.3, 0.4) is 0 Å². The fraction of sp³-hybridized carbons (Fsp3) is 0.522. The lowest BCUT2D eigenvalue weighted by Gasteiger charge is -2.27. The van der Waals surface area contributed by atoms with Crippen LogP contribution in [-0.2, 0) is 20.9 Å². The number of hydrogen-bond acceptors (Lipinski definition) is 7. The maximum Gasteiger partial charge on any atom is 0.409 e. The molecule has 0 aliphatic heterocycles. The fourth-order valence-corrected chi connectivity index (χ4v) is 3.70. The molecule has 0 spiro atoms. The molecule has 1 amide bonds.